The summed E-state index contributed by atoms with van der Waals surface area (Å²) >= 11 is 0. The fourth-order valence-electron chi connectivity index (χ4n) is 8.16. The molecule has 0 spiro atoms. The van der Waals surface area contributed by atoms with Crippen LogP contribution in [0.2, 0.25) is 0 Å². The first-order valence-electron chi connectivity index (χ1n) is 25.7. The van der Waals surface area contributed by atoms with Crippen LogP contribution in [-0.2, 0) is 45.6 Å². The third kappa shape index (κ3) is 9.20. The molecule has 0 bridgehead atoms. The molecular formula is C54H60IrN2O-2. The molecule has 1 unspecified atom stereocenters. The molecule has 2 aliphatic rings. The van der Waals surface area contributed by atoms with Gasteiger partial charge in [0.15, 0.2) is 0 Å². The average molecular weight is 956 g/mol. The first-order valence-corrected chi connectivity index (χ1v) is 20.2. The smallest absolute Gasteiger partial charge is 0.128 e. The van der Waals surface area contributed by atoms with Crippen LogP contribution in [0.4, 0.5) is 0 Å². The third-order valence-electron chi connectivity index (χ3n) is 11.0. The van der Waals surface area contributed by atoms with Crippen molar-refractivity contribution in [3.63, 3.8) is 0 Å². The number of pyridine rings is 2. The average Bonchev–Trinajstić information content (AvgIpc) is 3.72. The van der Waals surface area contributed by atoms with E-state index in [-0.39, 0.29) is 64.9 Å². The molecule has 3 aromatic heterocycles. The van der Waals surface area contributed by atoms with Gasteiger partial charge in [-0.25, -0.2) is 0 Å². The Labute approximate surface area is 376 Å². The molecule has 3 nitrogen and oxygen atoms in total. The van der Waals surface area contributed by atoms with E-state index < -0.39 is 49.1 Å². The van der Waals surface area contributed by atoms with Crippen molar-refractivity contribution in [2.75, 3.05) is 0 Å². The zero-order chi connectivity index (χ0) is 49.8. The molecule has 1 radical (unpaired) electrons. The Morgan fingerprint density at radius 2 is 1.48 bits per heavy atom. The van der Waals surface area contributed by atoms with Crippen molar-refractivity contribution in [3.8, 4) is 22.5 Å². The van der Waals surface area contributed by atoms with Crippen molar-refractivity contribution in [1.29, 1.82) is 0 Å². The Balaban J connectivity index is 0.000000206. The summed E-state index contributed by atoms with van der Waals surface area (Å²) in [7, 11) is 0. The van der Waals surface area contributed by atoms with Crippen molar-refractivity contribution in [2.24, 2.45) is 28.1 Å². The maximum Gasteiger partial charge on any atom is 0.128 e. The number of benzene rings is 4. The number of rotatable bonds is 5. The van der Waals surface area contributed by atoms with E-state index in [2.05, 4.69) is 60.2 Å². The third-order valence-corrected chi connectivity index (χ3v) is 11.0. The van der Waals surface area contributed by atoms with Crippen LogP contribution in [0.3, 0.4) is 0 Å². The monoisotopic (exact) mass is 957 g/mol. The van der Waals surface area contributed by atoms with Gasteiger partial charge in [0.1, 0.15) is 5.58 Å². The minimum absolute atomic E-state index is 0. The molecule has 1 fully saturated rings. The van der Waals surface area contributed by atoms with Crippen LogP contribution in [0.25, 0.3) is 55.2 Å². The van der Waals surface area contributed by atoms with Crippen LogP contribution in [0, 0.1) is 47.1 Å². The van der Waals surface area contributed by atoms with Gasteiger partial charge in [-0.2, -0.15) is 0 Å². The van der Waals surface area contributed by atoms with E-state index in [4.69, 9.17) is 16.8 Å². The van der Waals surface area contributed by atoms with Crippen LogP contribution in [-0.4, -0.2) is 9.97 Å². The summed E-state index contributed by atoms with van der Waals surface area (Å²) in [6.07, 6.45) is -1.27. The van der Waals surface area contributed by atoms with Gasteiger partial charge < -0.3 is 14.4 Å². The maximum atomic E-state index is 9.24. The number of aromatic nitrogens is 2. The summed E-state index contributed by atoms with van der Waals surface area (Å²) in [5, 5.41) is 4.27. The minimum Gasteiger partial charge on any atom is -0.500 e. The van der Waals surface area contributed by atoms with Crippen molar-refractivity contribution in [1.82, 2.24) is 9.97 Å². The summed E-state index contributed by atoms with van der Waals surface area (Å²) in [5.41, 5.74) is 3.00. The topological polar surface area (TPSA) is 38.9 Å². The Kier molecular flexibility index (Phi) is 8.54. The van der Waals surface area contributed by atoms with Gasteiger partial charge in [-0.3, -0.25) is 0 Å². The van der Waals surface area contributed by atoms with Crippen molar-refractivity contribution >= 4 is 32.7 Å². The quantitative estimate of drug-likeness (QED) is 0.161. The summed E-state index contributed by atoms with van der Waals surface area (Å²) in [6, 6.07) is 30.7. The first-order chi connectivity index (χ1) is 31.4. The summed E-state index contributed by atoms with van der Waals surface area (Å²) in [6.45, 7) is 12.6. The van der Waals surface area contributed by atoms with Crippen molar-refractivity contribution < 1.29 is 39.6 Å². The zero-order valence-electron chi connectivity index (χ0n) is 45.8. The second-order valence-corrected chi connectivity index (χ2v) is 18.6. The van der Waals surface area contributed by atoms with Gasteiger partial charge in [-0.1, -0.05) is 132 Å². The maximum absolute atomic E-state index is 9.24. The van der Waals surface area contributed by atoms with E-state index in [1.54, 1.807) is 45.2 Å². The van der Waals surface area contributed by atoms with E-state index in [1.165, 1.54) is 6.07 Å². The van der Waals surface area contributed by atoms with Gasteiger partial charge >= 0.3 is 0 Å². The molecule has 0 N–H and O–H groups in total. The Hall–Kier alpha value is -4.11. The molecule has 1 saturated carbocycles. The van der Waals surface area contributed by atoms with Crippen LogP contribution in [0.1, 0.15) is 124 Å². The molecule has 2 aliphatic carbocycles. The molecule has 3 heterocycles. The Morgan fingerprint density at radius 3 is 2.24 bits per heavy atom. The van der Waals surface area contributed by atoms with E-state index in [0.29, 0.717) is 11.3 Å². The van der Waals surface area contributed by atoms with Crippen LogP contribution in [0.5, 0.6) is 0 Å². The summed E-state index contributed by atoms with van der Waals surface area (Å²) in [5.74, 6) is -0.998. The van der Waals surface area contributed by atoms with E-state index in [1.807, 2.05) is 51.1 Å². The van der Waals surface area contributed by atoms with E-state index in [9.17, 15) is 2.74 Å². The van der Waals surface area contributed by atoms with Gasteiger partial charge in [0.05, 0.1) is 5.58 Å². The summed E-state index contributed by atoms with van der Waals surface area (Å²) in [4.78, 5) is 8.90. The van der Waals surface area contributed by atoms with Crippen LogP contribution >= 0.6 is 0 Å². The zero-order valence-corrected chi connectivity index (χ0v) is 37.2. The van der Waals surface area contributed by atoms with Crippen LogP contribution in [0.15, 0.2) is 95.7 Å². The molecule has 303 valence electrons. The molecule has 4 heteroatoms. The number of nitrogens with zero attached hydrogens (tertiary/aromatic N) is 2. The SMILES string of the molecule is [2H]C([2H])([2H])c1cnc(-c2[c-]ccc3c2C([2H])([2H])C(C2CCC(C)(C)CC2)C3([2H])[2H])cc1C([2H])([2H])C(C)(C)C.[2H]C([2H])(c1ccnc(-c2[c-]ccc3c2oc2c4ccccc4ccc32)c1)C(C)(C)C.[Ir]. The molecule has 4 aromatic carbocycles. The molecule has 1 atom stereocenters. The predicted octanol–water partition coefficient (Wildman–Crippen LogP) is 14.6. The molecule has 7 aromatic rings. The van der Waals surface area contributed by atoms with Gasteiger partial charge in [0.2, 0.25) is 0 Å². The normalized spacial score (nSPS) is 22.1. The van der Waals surface area contributed by atoms with E-state index in [0.717, 1.165) is 70.2 Å². The largest absolute Gasteiger partial charge is 0.500 e. The molecule has 0 amide bonds. The van der Waals surface area contributed by atoms with Gasteiger partial charge in [0.25, 0.3) is 0 Å². The molecular weight excluding hydrogens is 885 g/mol. The molecule has 0 saturated heterocycles. The van der Waals surface area contributed by atoms with Gasteiger partial charge in [0, 0.05) is 58.3 Å². The second kappa shape index (κ2) is 16.5. The Bertz CT molecular complexity index is 3040. The number of fused-ring (bicyclic) bond motifs is 6. The second-order valence-electron chi connectivity index (χ2n) is 18.6. The predicted molar refractivity (Wildman–Crippen MR) is 239 cm³/mol. The van der Waals surface area contributed by atoms with Crippen molar-refractivity contribution in [3.05, 3.63) is 131 Å². The molecule has 0 aliphatic heterocycles. The summed E-state index contributed by atoms with van der Waals surface area (Å²) < 4.78 is 102. The fraction of sp³-hybridized carbons (Fsp3) is 0.407. The van der Waals surface area contributed by atoms with Gasteiger partial charge in [-0.05, 0) is 108 Å². The Morgan fingerprint density at radius 1 is 0.776 bits per heavy atom. The molecule has 58 heavy (non-hydrogen) atoms. The van der Waals surface area contributed by atoms with Crippen LogP contribution < -0.4 is 0 Å². The molecule has 9 rings (SSSR count). The van der Waals surface area contributed by atoms with Gasteiger partial charge in [-0.15, -0.1) is 53.1 Å². The van der Waals surface area contributed by atoms with Crippen molar-refractivity contribution in [2.45, 2.75) is 113 Å². The number of aryl methyl sites for hydroxylation is 1. The number of furan rings is 1. The minimum atomic E-state index is -2.59. The first kappa shape index (κ1) is 30.0. The van der Waals surface area contributed by atoms with E-state index >= 15 is 0 Å². The fourth-order valence-corrected chi connectivity index (χ4v) is 8.16. The number of hydrogen-bond donors (Lipinski definition) is 0. The standard InChI is InChI=1S/C28H38N.C26H22NO.Ir/c1-19-18-29-26(16-23(19)17-27(2,3)4)24-9-7-8-21-14-22(15-25(21)24)20-10-12-28(5,6)13-11-20;1-26(2,3)16-17-13-14-27-23(15-17)22-10-6-9-20-21-12-11-18-7-4-5-8-19(18)24(21)28-25(20)22;/h7-8,16,18,20,22H,10-15,17H2,1-6H3;4-9,11-15H,16H2,1-3H3;/q2*-1;/i1D3,14D2,15D2,17D2;16D2;. The number of hydrogen-bond acceptors (Lipinski definition) is 3.